The maximum atomic E-state index is 12.8. The average Bonchev–Trinajstić information content (AvgIpc) is 3.21. The molecule has 0 aliphatic carbocycles. The van der Waals surface area contributed by atoms with E-state index in [2.05, 4.69) is 37.9 Å². The van der Waals surface area contributed by atoms with Crippen molar-refractivity contribution >= 4 is 11.9 Å². The van der Waals surface area contributed by atoms with E-state index >= 15 is 0 Å². The van der Waals surface area contributed by atoms with Gasteiger partial charge in [0.05, 0.1) is 10.8 Å². The summed E-state index contributed by atoms with van der Waals surface area (Å²) in [5.74, 6) is -0.222. The van der Waals surface area contributed by atoms with Gasteiger partial charge >= 0.3 is 11.9 Å². The minimum Gasteiger partial charge on any atom is -0.481 e. The number of nitrogens with zero attached hydrogens (tertiary/aromatic N) is 1. The third-order valence-corrected chi connectivity index (χ3v) is 14.0. The molecular formula is C51H100N2O4. The zero-order valence-corrected chi connectivity index (χ0v) is 38.9. The Morgan fingerprint density at radius 3 is 1.04 bits per heavy atom. The molecule has 0 aromatic heterocycles. The van der Waals surface area contributed by atoms with Gasteiger partial charge in [0, 0.05) is 0 Å². The summed E-state index contributed by atoms with van der Waals surface area (Å²) >= 11 is 0. The van der Waals surface area contributed by atoms with E-state index in [9.17, 15) is 19.8 Å². The number of rotatable bonds is 43. The molecule has 1 aliphatic rings. The third-order valence-electron chi connectivity index (χ3n) is 14.0. The number of hydrogen-bond acceptors (Lipinski definition) is 4. The van der Waals surface area contributed by atoms with Crippen LogP contribution in [0.2, 0.25) is 0 Å². The van der Waals surface area contributed by atoms with Crippen molar-refractivity contribution in [3.63, 3.8) is 0 Å². The first-order valence-electron chi connectivity index (χ1n) is 25.7. The summed E-state index contributed by atoms with van der Waals surface area (Å²) in [6.45, 7) is 14.8. The van der Waals surface area contributed by atoms with Crippen molar-refractivity contribution < 1.29 is 19.8 Å². The van der Waals surface area contributed by atoms with Gasteiger partial charge in [0.2, 0.25) is 0 Å². The Kier molecular flexibility index (Phi) is 34.7. The van der Waals surface area contributed by atoms with Crippen LogP contribution in [0.5, 0.6) is 0 Å². The Bertz CT molecular complexity index is 861. The first kappa shape index (κ1) is 53.9. The summed E-state index contributed by atoms with van der Waals surface area (Å²) in [5.41, 5.74) is -1.04. The van der Waals surface area contributed by atoms with Crippen LogP contribution in [-0.4, -0.2) is 59.8 Å². The number of carbonyl (C=O) groups is 2. The number of carboxylic acids is 2. The highest BCUT2D eigenvalue weighted by Gasteiger charge is 2.37. The largest absolute Gasteiger partial charge is 0.481 e. The van der Waals surface area contributed by atoms with E-state index in [1.807, 2.05) is 0 Å². The van der Waals surface area contributed by atoms with Crippen LogP contribution in [0.4, 0.5) is 0 Å². The Morgan fingerprint density at radius 1 is 0.439 bits per heavy atom. The van der Waals surface area contributed by atoms with Gasteiger partial charge in [-0.1, -0.05) is 195 Å². The van der Waals surface area contributed by atoms with E-state index in [1.165, 1.54) is 141 Å². The molecule has 0 saturated carbocycles. The molecule has 0 aromatic carbocycles. The second-order valence-electron chi connectivity index (χ2n) is 19.0. The Hall–Kier alpha value is -1.14. The first-order valence-corrected chi connectivity index (χ1v) is 25.7. The first-order chi connectivity index (χ1) is 27.8. The van der Waals surface area contributed by atoms with Crippen molar-refractivity contribution in [2.24, 2.45) is 16.7 Å². The second kappa shape index (κ2) is 36.7. The summed E-state index contributed by atoms with van der Waals surface area (Å²) in [5, 5.41) is 24.6. The molecule has 57 heavy (non-hydrogen) atoms. The lowest BCUT2D eigenvalue weighted by Gasteiger charge is -2.30. The molecule has 1 aliphatic heterocycles. The molecule has 0 spiro atoms. The molecule has 2 unspecified atom stereocenters. The highest BCUT2D eigenvalue weighted by atomic mass is 16.4. The molecule has 1 saturated heterocycles. The fourth-order valence-corrected chi connectivity index (χ4v) is 9.84. The predicted molar refractivity (Wildman–Crippen MR) is 246 cm³/mol. The zero-order chi connectivity index (χ0) is 41.7. The molecule has 2 atom stereocenters. The number of carboxylic acid groups (broad SMARTS) is 2. The lowest BCUT2D eigenvalue weighted by Crippen LogP contribution is -2.32. The number of piperidine rings is 1. The third kappa shape index (κ3) is 26.6. The zero-order valence-electron chi connectivity index (χ0n) is 38.9. The summed E-state index contributed by atoms with van der Waals surface area (Å²) < 4.78 is 0. The predicted octanol–water partition coefficient (Wildman–Crippen LogP) is 15.2. The fourth-order valence-electron chi connectivity index (χ4n) is 9.84. The molecule has 0 radical (unpaired) electrons. The van der Waals surface area contributed by atoms with Crippen LogP contribution in [0, 0.1) is 16.7 Å². The van der Waals surface area contributed by atoms with Gasteiger partial charge in [0.15, 0.2) is 0 Å². The van der Waals surface area contributed by atoms with Crippen molar-refractivity contribution in [2.45, 2.75) is 265 Å². The maximum absolute atomic E-state index is 12.8. The molecule has 0 bridgehead atoms. The highest BCUT2D eigenvalue weighted by Crippen LogP contribution is 2.39. The summed E-state index contributed by atoms with van der Waals surface area (Å²) in [7, 11) is 0. The van der Waals surface area contributed by atoms with Gasteiger partial charge in [-0.25, -0.2) is 0 Å². The summed E-state index contributed by atoms with van der Waals surface area (Å²) in [6.07, 6.45) is 42.1. The molecule has 1 fully saturated rings. The molecule has 1 rings (SSSR count). The minimum absolute atomic E-state index is 0.521. The van der Waals surface area contributed by atoms with Crippen LogP contribution >= 0.6 is 0 Å². The maximum Gasteiger partial charge on any atom is 0.309 e. The average molecular weight is 805 g/mol. The normalized spacial score (nSPS) is 15.9. The van der Waals surface area contributed by atoms with E-state index in [0.717, 1.165) is 135 Å². The Balaban J connectivity index is 2.66. The van der Waals surface area contributed by atoms with Gasteiger partial charge in [-0.05, 0) is 109 Å². The topological polar surface area (TPSA) is 89.9 Å². The van der Waals surface area contributed by atoms with E-state index in [1.54, 1.807) is 0 Å². The van der Waals surface area contributed by atoms with Crippen LogP contribution in [-0.2, 0) is 9.59 Å². The van der Waals surface area contributed by atoms with Crippen LogP contribution in [0.15, 0.2) is 0 Å². The van der Waals surface area contributed by atoms with Crippen molar-refractivity contribution in [2.75, 3.05) is 32.7 Å². The molecule has 6 nitrogen and oxygen atoms in total. The molecule has 0 amide bonds. The molecule has 6 heteroatoms. The van der Waals surface area contributed by atoms with Crippen LogP contribution < -0.4 is 5.32 Å². The lowest BCUT2D eigenvalue weighted by atomic mass is 9.74. The monoisotopic (exact) mass is 805 g/mol. The Labute approximate surface area is 355 Å². The Morgan fingerprint density at radius 2 is 0.719 bits per heavy atom. The van der Waals surface area contributed by atoms with Crippen molar-refractivity contribution in [3.05, 3.63) is 0 Å². The molecule has 0 aromatic rings. The highest BCUT2D eigenvalue weighted by molar-refractivity contribution is 5.75. The molecule has 3 N–H and O–H groups in total. The minimum atomic E-state index is -0.532. The van der Waals surface area contributed by atoms with Crippen molar-refractivity contribution in [3.8, 4) is 0 Å². The van der Waals surface area contributed by atoms with Crippen molar-refractivity contribution in [1.29, 1.82) is 0 Å². The smallest absolute Gasteiger partial charge is 0.309 e. The number of nitrogens with one attached hydrogen (secondary N) is 1. The van der Waals surface area contributed by atoms with Gasteiger partial charge in [-0.15, -0.1) is 0 Å². The number of aliphatic carboxylic acids is 2. The van der Waals surface area contributed by atoms with Crippen LogP contribution in [0.3, 0.4) is 0 Å². The van der Waals surface area contributed by atoms with E-state index in [4.69, 9.17) is 0 Å². The summed E-state index contributed by atoms with van der Waals surface area (Å²) in [4.78, 5) is 28.4. The van der Waals surface area contributed by atoms with Crippen LogP contribution in [0.1, 0.15) is 265 Å². The number of unbranched alkanes of at least 4 members (excludes halogenated alkanes) is 22. The molecule has 338 valence electrons. The van der Waals surface area contributed by atoms with E-state index in [0.29, 0.717) is 0 Å². The SMILES string of the molecule is CCCCCCCCC(CCCCCC)(CCCCCCN(CCCCCCC(CCCCCC)(CCCCCCCC)C(=O)O)CCC1CCNCC1)C(=O)O. The van der Waals surface area contributed by atoms with Crippen LogP contribution in [0.25, 0.3) is 0 Å². The fraction of sp³-hybridized carbons (Fsp3) is 0.961. The van der Waals surface area contributed by atoms with E-state index in [-0.39, 0.29) is 0 Å². The van der Waals surface area contributed by atoms with Gasteiger partial charge in [-0.2, -0.15) is 0 Å². The second-order valence-corrected chi connectivity index (χ2v) is 19.0. The summed E-state index contributed by atoms with van der Waals surface area (Å²) in [6, 6.07) is 0. The molecular weight excluding hydrogens is 705 g/mol. The van der Waals surface area contributed by atoms with Crippen molar-refractivity contribution in [1.82, 2.24) is 10.2 Å². The lowest BCUT2D eigenvalue weighted by molar-refractivity contribution is -0.151. The quantitative estimate of drug-likeness (QED) is 0.0532. The van der Waals surface area contributed by atoms with Gasteiger partial charge in [0.25, 0.3) is 0 Å². The standard InChI is InChI=1S/C51H100N2O4/c1-5-9-13-17-19-27-38-50(48(54)55,36-25-15-11-7-3)40-29-21-23-31-44-53(46-35-47-33-42-52-43-34-47)45-32-24-22-30-41-51(49(56)57,37-26-16-12-8-4)39-28-20-18-14-10-6-2/h47,52H,5-46H2,1-4H3,(H,54,55)(H,56,57). The van der Waals surface area contributed by atoms with Gasteiger partial charge in [0.1, 0.15) is 0 Å². The van der Waals surface area contributed by atoms with E-state index < -0.39 is 22.8 Å². The molecule has 1 heterocycles. The van der Waals surface area contributed by atoms with Gasteiger partial charge < -0.3 is 20.4 Å². The van der Waals surface area contributed by atoms with Gasteiger partial charge in [-0.3, -0.25) is 9.59 Å². The number of hydrogen-bond donors (Lipinski definition) is 3.